The molecule has 1 atom stereocenters. The summed E-state index contributed by atoms with van der Waals surface area (Å²) in [5, 5.41) is 2.94. The zero-order valence-electron chi connectivity index (χ0n) is 15.4. The molecule has 0 saturated carbocycles. The normalized spacial score (nSPS) is 15.4. The first-order chi connectivity index (χ1) is 12.6. The highest BCUT2D eigenvalue weighted by molar-refractivity contribution is 6.35. The van der Waals surface area contributed by atoms with Crippen molar-refractivity contribution in [2.45, 2.75) is 39.2 Å². The first-order valence-corrected chi connectivity index (χ1v) is 9.13. The monoisotopic (exact) mass is 351 g/mol. The third-order valence-electron chi connectivity index (χ3n) is 4.88. The van der Waals surface area contributed by atoms with Gasteiger partial charge in [0, 0.05) is 25.5 Å². The maximum atomic E-state index is 12.7. The summed E-state index contributed by atoms with van der Waals surface area (Å²) in [4.78, 5) is 31.1. The van der Waals surface area contributed by atoms with E-state index in [-0.39, 0.29) is 0 Å². The van der Waals surface area contributed by atoms with Gasteiger partial charge in [0.25, 0.3) is 0 Å². The van der Waals surface area contributed by atoms with Crippen LogP contribution < -0.4 is 5.32 Å². The van der Waals surface area contributed by atoms with Gasteiger partial charge in [-0.25, -0.2) is 0 Å². The quantitative estimate of drug-likeness (QED) is 0.865. The second kappa shape index (κ2) is 8.13. The van der Waals surface area contributed by atoms with Crippen LogP contribution >= 0.6 is 0 Å². The van der Waals surface area contributed by atoms with Gasteiger partial charge < -0.3 is 10.2 Å². The summed E-state index contributed by atoms with van der Waals surface area (Å²) in [6.45, 7) is 5.35. The zero-order valence-corrected chi connectivity index (χ0v) is 15.4. The molecule has 1 aromatic carbocycles. The molecule has 1 aromatic heterocycles. The molecule has 26 heavy (non-hydrogen) atoms. The summed E-state index contributed by atoms with van der Waals surface area (Å²) in [6.07, 6.45) is 6.47. The van der Waals surface area contributed by atoms with Gasteiger partial charge in [-0.2, -0.15) is 0 Å². The number of pyridine rings is 1. The Morgan fingerprint density at radius 3 is 2.58 bits per heavy atom. The Labute approximate surface area is 154 Å². The largest absolute Gasteiger partial charge is 0.337 e. The topological polar surface area (TPSA) is 62.3 Å². The molecule has 1 saturated heterocycles. The summed E-state index contributed by atoms with van der Waals surface area (Å²) in [5.41, 5.74) is 4.02. The number of rotatable bonds is 3. The molecule has 136 valence electrons. The number of nitrogens with zero attached hydrogens (tertiary/aromatic N) is 2. The van der Waals surface area contributed by atoms with E-state index < -0.39 is 17.9 Å². The summed E-state index contributed by atoms with van der Waals surface area (Å²) in [6, 6.07) is 9.49. The molecule has 5 nitrogen and oxygen atoms in total. The molecule has 3 rings (SSSR count). The van der Waals surface area contributed by atoms with Crippen LogP contribution in [0.1, 0.15) is 47.6 Å². The second-order valence-electron chi connectivity index (χ2n) is 6.91. The second-order valence-corrected chi connectivity index (χ2v) is 6.91. The van der Waals surface area contributed by atoms with Crippen molar-refractivity contribution in [1.82, 2.24) is 15.2 Å². The summed E-state index contributed by atoms with van der Waals surface area (Å²) >= 11 is 0. The molecule has 2 aromatic rings. The Hall–Kier alpha value is -2.69. The number of aromatic nitrogens is 1. The smallest absolute Gasteiger partial charge is 0.311 e. The van der Waals surface area contributed by atoms with E-state index >= 15 is 0 Å². The van der Waals surface area contributed by atoms with Crippen molar-refractivity contribution in [1.29, 1.82) is 0 Å². The van der Waals surface area contributed by atoms with Gasteiger partial charge >= 0.3 is 11.8 Å². The maximum Gasteiger partial charge on any atom is 0.311 e. The Bertz CT molecular complexity index is 783. The van der Waals surface area contributed by atoms with E-state index in [9.17, 15) is 9.59 Å². The Balaban J connectivity index is 1.88. The molecule has 1 fully saturated rings. The fraction of sp³-hybridized carbons (Fsp3) is 0.381. The van der Waals surface area contributed by atoms with Crippen molar-refractivity contribution in [2.24, 2.45) is 0 Å². The van der Waals surface area contributed by atoms with E-state index in [1.165, 1.54) is 0 Å². The number of amides is 2. The van der Waals surface area contributed by atoms with Crippen LogP contribution in [0.5, 0.6) is 0 Å². The third-order valence-corrected chi connectivity index (χ3v) is 4.88. The lowest BCUT2D eigenvalue weighted by molar-refractivity contribution is -0.146. The molecule has 1 N–H and O–H groups in total. The molecular weight excluding hydrogens is 326 g/mol. The number of likely N-dealkylation sites (tertiary alicyclic amines) is 1. The minimum absolute atomic E-state index is 0.398. The lowest BCUT2D eigenvalue weighted by Gasteiger charge is -2.27. The first kappa shape index (κ1) is 18.1. The number of hydrogen-bond acceptors (Lipinski definition) is 3. The van der Waals surface area contributed by atoms with Crippen molar-refractivity contribution < 1.29 is 9.59 Å². The van der Waals surface area contributed by atoms with Crippen LogP contribution in [0, 0.1) is 13.8 Å². The number of piperidine rings is 1. The number of carbonyl (C=O) groups excluding carboxylic acids is 2. The van der Waals surface area contributed by atoms with Crippen LogP contribution in [-0.2, 0) is 9.59 Å². The van der Waals surface area contributed by atoms with Crippen LogP contribution in [0.25, 0.3) is 0 Å². The number of aryl methyl sites for hydroxylation is 2. The van der Waals surface area contributed by atoms with E-state index in [4.69, 9.17) is 0 Å². The van der Waals surface area contributed by atoms with Crippen molar-refractivity contribution in [3.05, 3.63) is 65.0 Å². The van der Waals surface area contributed by atoms with E-state index in [1.807, 2.05) is 38.1 Å². The van der Waals surface area contributed by atoms with Crippen LogP contribution in [0.15, 0.2) is 42.7 Å². The van der Waals surface area contributed by atoms with E-state index in [0.717, 1.165) is 41.5 Å². The molecule has 2 heterocycles. The standard InChI is InChI=1S/C21H25N3O2/c1-15-8-9-16(2)18(13-15)19(17-7-6-10-22-14-17)23-20(25)21(26)24-11-4-3-5-12-24/h6-10,13-14,19H,3-5,11-12H2,1-2H3,(H,23,25)/t19-/m0/s1. The van der Waals surface area contributed by atoms with Crippen molar-refractivity contribution >= 4 is 11.8 Å². The van der Waals surface area contributed by atoms with Gasteiger partial charge in [-0.3, -0.25) is 14.6 Å². The third kappa shape index (κ3) is 4.10. The van der Waals surface area contributed by atoms with Gasteiger partial charge in [0.1, 0.15) is 0 Å². The molecule has 1 aliphatic rings. The molecule has 0 spiro atoms. The predicted molar refractivity (Wildman–Crippen MR) is 101 cm³/mol. The highest BCUT2D eigenvalue weighted by Gasteiger charge is 2.27. The highest BCUT2D eigenvalue weighted by Crippen LogP contribution is 2.25. The number of nitrogens with one attached hydrogen (secondary N) is 1. The Kier molecular flexibility index (Phi) is 5.66. The van der Waals surface area contributed by atoms with E-state index in [1.54, 1.807) is 17.3 Å². The number of benzene rings is 1. The van der Waals surface area contributed by atoms with Crippen LogP contribution in [-0.4, -0.2) is 34.8 Å². The molecule has 1 aliphatic heterocycles. The van der Waals surface area contributed by atoms with Crippen LogP contribution in [0.4, 0.5) is 0 Å². The van der Waals surface area contributed by atoms with Crippen molar-refractivity contribution in [3.63, 3.8) is 0 Å². The van der Waals surface area contributed by atoms with Gasteiger partial charge in [-0.05, 0) is 55.9 Å². The van der Waals surface area contributed by atoms with Crippen molar-refractivity contribution in [3.8, 4) is 0 Å². The lowest BCUT2D eigenvalue weighted by atomic mass is 9.94. The lowest BCUT2D eigenvalue weighted by Crippen LogP contribution is -2.46. The maximum absolute atomic E-state index is 12.7. The minimum atomic E-state index is -0.554. The van der Waals surface area contributed by atoms with Gasteiger partial charge in [0.2, 0.25) is 0 Å². The fourth-order valence-corrected chi connectivity index (χ4v) is 3.39. The van der Waals surface area contributed by atoms with Gasteiger partial charge in [-0.15, -0.1) is 0 Å². The van der Waals surface area contributed by atoms with Crippen LogP contribution in [0.3, 0.4) is 0 Å². The summed E-state index contributed by atoms with van der Waals surface area (Å²) in [7, 11) is 0. The van der Waals surface area contributed by atoms with Crippen molar-refractivity contribution in [2.75, 3.05) is 13.1 Å². The molecule has 0 unspecified atom stereocenters. The summed E-state index contributed by atoms with van der Waals surface area (Å²) < 4.78 is 0. The SMILES string of the molecule is Cc1ccc(C)c([C@@H](NC(=O)C(=O)N2CCCCC2)c2cccnc2)c1. The van der Waals surface area contributed by atoms with E-state index in [2.05, 4.69) is 16.4 Å². The fourth-order valence-electron chi connectivity index (χ4n) is 3.39. The average Bonchev–Trinajstić information content (AvgIpc) is 2.68. The average molecular weight is 351 g/mol. The summed E-state index contributed by atoms with van der Waals surface area (Å²) in [5.74, 6) is -0.995. The Morgan fingerprint density at radius 1 is 1.12 bits per heavy atom. The van der Waals surface area contributed by atoms with Gasteiger partial charge in [-0.1, -0.05) is 29.8 Å². The number of hydrogen-bond donors (Lipinski definition) is 1. The van der Waals surface area contributed by atoms with Crippen LogP contribution in [0.2, 0.25) is 0 Å². The van der Waals surface area contributed by atoms with Gasteiger partial charge in [0.05, 0.1) is 6.04 Å². The molecule has 0 radical (unpaired) electrons. The minimum Gasteiger partial charge on any atom is -0.337 e. The molecule has 0 aliphatic carbocycles. The zero-order chi connectivity index (χ0) is 18.5. The molecule has 2 amide bonds. The number of carbonyl (C=O) groups is 2. The molecule has 5 heteroatoms. The first-order valence-electron chi connectivity index (χ1n) is 9.13. The highest BCUT2D eigenvalue weighted by atomic mass is 16.2. The molecule has 0 bridgehead atoms. The predicted octanol–water partition coefficient (Wildman–Crippen LogP) is 2.92. The van der Waals surface area contributed by atoms with Gasteiger partial charge in [0.15, 0.2) is 0 Å². The van der Waals surface area contributed by atoms with E-state index in [0.29, 0.717) is 13.1 Å². The Morgan fingerprint density at radius 2 is 1.88 bits per heavy atom. The molecular formula is C21H25N3O2.